The summed E-state index contributed by atoms with van der Waals surface area (Å²) in [4.78, 5) is 24.1. The van der Waals surface area contributed by atoms with Crippen LogP contribution in [0, 0.1) is 20.2 Å². The van der Waals surface area contributed by atoms with E-state index in [2.05, 4.69) is 29.3 Å². The first-order valence-electron chi connectivity index (χ1n) is 7.44. The molecule has 3 rings (SSSR count). The molecule has 0 aliphatic carbocycles. The zero-order valence-electron chi connectivity index (χ0n) is 14.8. The number of nitrogens with zero attached hydrogens (tertiary/aromatic N) is 3. The molecule has 0 spiro atoms. The van der Waals surface area contributed by atoms with Gasteiger partial charge in [0, 0.05) is 41.5 Å². The van der Waals surface area contributed by atoms with Gasteiger partial charge in [0.05, 0.1) is 25.6 Å². The monoisotopic (exact) mass is 428 g/mol. The average Bonchev–Trinajstić information content (AvgIpc) is 3.14. The highest BCUT2D eigenvalue weighted by Crippen LogP contribution is 2.23. The number of hydrogen-bond donors (Lipinski definition) is 5. The summed E-state index contributed by atoms with van der Waals surface area (Å²) >= 11 is 5.34. The van der Waals surface area contributed by atoms with Crippen LogP contribution in [0.1, 0.15) is 6.92 Å². The number of anilines is 1. The number of nitrogen functional groups attached to an aromatic ring is 1. The molecular weight excluding hydrogens is 408 g/mol. The van der Waals surface area contributed by atoms with Crippen LogP contribution >= 0.6 is 24.0 Å². The van der Waals surface area contributed by atoms with Gasteiger partial charge in [-0.3, -0.25) is 31.9 Å². The Kier molecular flexibility index (Phi) is 12.0. The fourth-order valence-corrected chi connectivity index (χ4v) is 2.52. The van der Waals surface area contributed by atoms with E-state index in [4.69, 9.17) is 10.8 Å². The summed E-state index contributed by atoms with van der Waals surface area (Å²) in [7, 11) is 0. The quantitative estimate of drug-likeness (QED) is 0.134. The van der Waals surface area contributed by atoms with E-state index in [0.717, 1.165) is 10.2 Å². The number of hydrazine groups is 1. The van der Waals surface area contributed by atoms with Crippen molar-refractivity contribution in [1.29, 1.82) is 0 Å². The highest BCUT2D eigenvalue weighted by atomic mass is 32.1. The maximum absolute atomic E-state index is 10.4. The van der Waals surface area contributed by atoms with Gasteiger partial charge in [-0.05, 0) is 19.1 Å². The molecule has 1 aromatic heterocycles. The molecule has 152 valence electrons. The molecule has 0 bridgehead atoms. The maximum atomic E-state index is 10.4. The fourth-order valence-electron chi connectivity index (χ4n) is 1.60. The number of rotatable bonds is 2. The minimum absolute atomic E-state index is 0.00389. The maximum Gasteiger partial charge on any atom is 0.270 e. The van der Waals surface area contributed by atoms with Gasteiger partial charge in [-0.15, -0.1) is 24.0 Å². The van der Waals surface area contributed by atoms with Crippen molar-refractivity contribution in [3.63, 3.8) is 0 Å². The molecule has 0 amide bonds. The third-order valence-electron chi connectivity index (χ3n) is 2.75. The van der Waals surface area contributed by atoms with Crippen molar-refractivity contribution in [2.24, 2.45) is 11.7 Å². The second kappa shape index (κ2) is 13.3. The smallest absolute Gasteiger partial charge is 0.270 e. The van der Waals surface area contributed by atoms with Crippen molar-refractivity contribution < 1.29 is 15.0 Å². The first-order valence-corrected chi connectivity index (χ1v) is 8.77. The molecule has 3 aromatic rings. The van der Waals surface area contributed by atoms with E-state index < -0.39 is 9.85 Å². The number of benzene rings is 2. The molecule has 0 saturated heterocycles. The molecule has 7 N–H and O–H groups in total. The minimum atomic E-state index is -0.487. The third-order valence-corrected chi connectivity index (χ3v) is 3.93. The number of nitrogens with two attached hydrogens (primary N) is 3. The van der Waals surface area contributed by atoms with E-state index in [0.29, 0.717) is 10.6 Å². The van der Waals surface area contributed by atoms with Crippen LogP contribution in [0.15, 0.2) is 46.8 Å². The van der Waals surface area contributed by atoms with Gasteiger partial charge in [0.15, 0.2) is 0 Å². The van der Waals surface area contributed by atoms with Gasteiger partial charge in [0.1, 0.15) is 0 Å². The highest BCUT2D eigenvalue weighted by Gasteiger charge is 2.06. The van der Waals surface area contributed by atoms with E-state index in [1.54, 1.807) is 18.5 Å². The minimum Gasteiger partial charge on any atom is -0.398 e. The first-order chi connectivity index (χ1) is 13.3. The van der Waals surface area contributed by atoms with E-state index in [1.165, 1.54) is 41.7 Å². The Morgan fingerprint density at radius 3 is 2.11 bits per heavy atom. The second-order valence-corrected chi connectivity index (χ2v) is 5.95. The number of nitro benzene ring substituents is 2. The van der Waals surface area contributed by atoms with Gasteiger partial charge in [-0.1, -0.05) is 0 Å². The molecule has 0 fully saturated rings. The first kappa shape index (κ1) is 25.2. The fraction of sp³-hybridized carbons (Fsp3) is 0.133. The van der Waals surface area contributed by atoms with Crippen LogP contribution in [0.4, 0.5) is 17.1 Å². The molecule has 11 nitrogen and oxygen atoms in total. The Hall–Kier alpha value is -2.84. The zero-order valence-corrected chi connectivity index (χ0v) is 16.5. The molecule has 0 unspecified atom stereocenters. The summed E-state index contributed by atoms with van der Waals surface area (Å²) in [5.41, 5.74) is 8.44. The number of nitro groups is 2. The molecule has 0 saturated carbocycles. The predicted molar refractivity (Wildman–Crippen MR) is 112 cm³/mol. The Labute approximate surface area is 169 Å². The highest BCUT2D eigenvalue weighted by molar-refractivity contribution is 7.80. The summed E-state index contributed by atoms with van der Waals surface area (Å²) < 4.78 is 0.851. The molecule has 0 aliphatic heterocycles. The predicted octanol–water partition coefficient (Wildman–Crippen LogP) is 2.49. The van der Waals surface area contributed by atoms with Crippen molar-refractivity contribution in [3.05, 3.63) is 62.1 Å². The number of thiazole rings is 1. The summed E-state index contributed by atoms with van der Waals surface area (Å²) in [6.45, 7) is 1.93. The lowest BCUT2D eigenvalue weighted by Crippen LogP contribution is -2.02. The normalized spacial score (nSPS) is 9.04. The molecular formula is C15H20N6O5S2. The zero-order chi connectivity index (χ0) is 21.7. The lowest BCUT2D eigenvalue weighted by atomic mass is 10.3. The van der Waals surface area contributed by atoms with Crippen LogP contribution in [-0.4, -0.2) is 26.5 Å². The van der Waals surface area contributed by atoms with Crippen molar-refractivity contribution in [2.45, 2.75) is 11.8 Å². The van der Waals surface area contributed by atoms with E-state index in [9.17, 15) is 20.2 Å². The number of aromatic nitrogens is 1. The molecule has 0 radical (unpaired) electrons. The van der Waals surface area contributed by atoms with Gasteiger partial charge in [0.2, 0.25) is 0 Å². The Balaban J connectivity index is 0.000000426. The van der Waals surface area contributed by atoms with Crippen LogP contribution in [0.2, 0.25) is 0 Å². The lowest BCUT2D eigenvalue weighted by Gasteiger charge is -1.96. The average molecular weight is 428 g/mol. The van der Waals surface area contributed by atoms with Crippen molar-refractivity contribution >= 4 is 51.2 Å². The SMILES string of the molecule is CCO.NN.Nc1ccc([N+](=O)[O-])cc1S.O=[N+]([O-])c1ccc2ncsc2c1. The molecule has 0 atom stereocenters. The molecule has 0 aliphatic rings. The Morgan fingerprint density at radius 2 is 1.61 bits per heavy atom. The number of non-ortho nitro benzene ring substituents is 2. The summed E-state index contributed by atoms with van der Waals surface area (Å²) in [5.74, 6) is 8.00. The topological polar surface area (TPSA) is 197 Å². The molecule has 1 heterocycles. The van der Waals surface area contributed by atoms with Gasteiger partial charge in [0.25, 0.3) is 11.4 Å². The molecule has 28 heavy (non-hydrogen) atoms. The van der Waals surface area contributed by atoms with Crippen LogP contribution in [0.25, 0.3) is 10.2 Å². The molecule has 13 heteroatoms. The number of aliphatic hydroxyl groups excluding tert-OH is 1. The number of fused-ring (bicyclic) bond motifs is 1. The van der Waals surface area contributed by atoms with Crippen molar-refractivity contribution in [2.75, 3.05) is 12.3 Å². The lowest BCUT2D eigenvalue weighted by molar-refractivity contribution is -0.385. The Bertz CT molecular complexity index is 906. The van der Waals surface area contributed by atoms with Gasteiger partial charge in [-0.25, -0.2) is 4.98 Å². The van der Waals surface area contributed by atoms with Gasteiger partial charge >= 0.3 is 0 Å². The summed E-state index contributed by atoms with van der Waals surface area (Å²) in [6, 6.07) is 8.77. The largest absolute Gasteiger partial charge is 0.398 e. The van der Waals surface area contributed by atoms with Crippen LogP contribution in [0.5, 0.6) is 0 Å². The van der Waals surface area contributed by atoms with Gasteiger partial charge in [-0.2, -0.15) is 0 Å². The molecule has 2 aromatic carbocycles. The summed E-state index contributed by atoms with van der Waals surface area (Å²) in [6.07, 6.45) is 0. The van der Waals surface area contributed by atoms with Crippen LogP contribution in [-0.2, 0) is 0 Å². The standard InChI is InChI=1S/C7H4N2O2S.C6H6N2O2S.C2H6O.H4N2/c10-9(11)5-1-2-6-7(3-5)12-4-8-6;7-5-2-1-4(8(9)10)3-6(5)11;1-2-3;1-2/h1-4H;1-3,11H,7H2;3H,2H2,1H3;1-2H2. The van der Waals surface area contributed by atoms with E-state index in [-0.39, 0.29) is 18.0 Å². The van der Waals surface area contributed by atoms with E-state index >= 15 is 0 Å². The number of thiol groups is 1. The van der Waals surface area contributed by atoms with Crippen LogP contribution < -0.4 is 17.4 Å². The van der Waals surface area contributed by atoms with Crippen LogP contribution in [0.3, 0.4) is 0 Å². The van der Waals surface area contributed by atoms with E-state index in [1.807, 2.05) is 0 Å². The van der Waals surface area contributed by atoms with Crippen molar-refractivity contribution in [1.82, 2.24) is 4.98 Å². The second-order valence-electron chi connectivity index (χ2n) is 4.58. The van der Waals surface area contributed by atoms with Crippen molar-refractivity contribution in [3.8, 4) is 0 Å². The van der Waals surface area contributed by atoms with Gasteiger partial charge < -0.3 is 10.8 Å². The third kappa shape index (κ3) is 8.24. The summed E-state index contributed by atoms with van der Waals surface area (Å²) in [5, 5.41) is 28.1. The number of hydrogen-bond acceptors (Lipinski definition) is 11. The number of aliphatic hydroxyl groups is 1. The Morgan fingerprint density at radius 1 is 1.11 bits per heavy atom.